The Bertz CT molecular complexity index is 389. The lowest BCUT2D eigenvalue weighted by Crippen LogP contribution is -2.26. The number of anilines is 1. The van der Waals surface area contributed by atoms with Gasteiger partial charge in [0.1, 0.15) is 5.82 Å². The van der Waals surface area contributed by atoms with Crippen molar-refractivity contribution in [1.29, 1.82) is 0 Å². The molecule has 0 amide bonds. The Morgan fingerprint density at radius 2 is 2.11 bits per heavy atom. The topological polar surface area (TPSA) is 41.1 Å². The van der Waals surface area contributed by atoms with Gasteiger partial charge in [0.15, 0.2) is 0 Å². The summed E-state index contributed by atoms with van der Waals surface area (Å²) >= 11 is 0. The molecule has 1 fully saturated rings. The van der Waals surface area contributed by atoms with Crippen molar-refractivity contribution in [2.24, 2.45) is 5.41 Å². The highest BCUT2D eigenvalue weighted by atomic mass is 15.2. The maximum atomic E-state index is 4.68. The third kappa shape index (κ3) is 3.42. The molecule has 1 aliphatic rings. The lowest BCUT2D eigenvalue weighted by atomic mass is 9.85. The van der Waals surface area contributed by atoms with E-state index in [9.17, 15) is 0 Å². The van der Waals surface area contributed by atoms with E-state index in [1.165, 1.54) is 19.3 Å². The molecular weight excluding hydrogens is 224 g/mol. The number of aromatic nitrogens is 2. The van der Waals surface area contributed by atoms with Crippen LogP contribution < -0.4 is 10.2 Å². The molecule has 18 heavy (non-hydrogen) atoms. The van der Waals surface area contributed by atoms with Gasteiger partial charge in [-0.3, -0.25) is 4.98 Å². The predicted octanol–water partition coefficient (Wildman–Crippen LogP) is 2.21. The van der Waals surface area contributed by atoms with Crippen molar-refractivity contribution in [3.63, 3.8) is 0 Å². The molecule has 1 aromatic heterocycles. The van der Waals surface area contributed by atoms with Crippen LogP contribution in [0.4, 0.5) is 5.82 Å². The lowest BCUT2D eigenvalue weighted by molar-refractivity contribution is 0.325. The van der Waals surface area contributed by atoms with Crippen LogP contribution in [0.1, 0.15) is 38.8 Å². The van der Waals surface area contributed by atoms with Crippen LogP contribution in [0.5, 0.6) is 0 Å². The first-order valence-corrected chi connectivity index (χ1v) is 6.81. The van der Waals surface area contributed by atoms with E-state index >= 15 is 0 Å². The van der Waals surface area contributed by atoms with E-state index in [4.69, 9.17) is 0 Å². The Morgan fingerprint density at radius 1 is 1.28 bits per heavy atom. The largest absolute Gasteiger partial charge is 0.355 e. The van der Waals surface area contributed by atoms with Crippen molar-refractivity contribution in [2.75, 3.05) is 25.0 Å². The Hall–Kier alpha value is -1.16. The van der Waals surface area contributed by atoms with E-state index < -0.39 is 0 Å². The fraction of sp³-hybridized carbons (Fsp3) is 0.714. The van der Waals surface area contributed by atoms with E-state index in [0.29, 0.717) is 5.41 Å². The zero-order valence-corrected chi connectivity index (χ0v) is 11.7. The molecule has 1 aromatic rings. The fourth-order valence-corrected chi connectivity index (χ4v) is 2.47. The van der Waals surface area contributed by atoms with Gasteiger partial charge in [-0.2, -0.15) is 0 Å². The minimum Gasteiger partial charge on any atom is -0.355 e. The third-order valence-electron chi connectivity index (χ3n) is 3.69. The first-order valence-electron chi connectivity index (χ1n) is 6.81. The molecule has 0 unspecified atom stereocenters. The second-order valence-corrected chi connectivity index (χ2v) is 5.90. The van der Waals surface area contributed by atoms with Crippen LogP contribution in [0.3, 0.4) is 0 Å². The molecule has 2 rings (SSSR count). The summed E-state index contributed by atoms with van der Waals surface area (Å²) in [7, 11) is 1.93. The van der Waals surface area contributed by atoms with Crippen LogP contribution in [-0.2, 0) is 6.54 Å². The van der Waals surface area contributed by atoms with Gasteiger partial charge in [0, 0.05) is 25.8 Å². The van der Waals surface area contributed by atoms with Crippen molar-refractivity contribution in [3.8, 4) is 0 Å². The summed E-state index contributed by atoms with van der Waals surface area (Å²) in [4.78, 5) is 11.4. The fourth-order valence-electron chi connectivity index (χ4n) is 2.47. The summed E-state index contributed by atoms with van der Waals surface area (Å²) in [5.41, 5.74) is 1.48. The maximum Gasteiger partial charge on any atom is 0.147 e. The molecular formula is C14H24N4. The summed E-state index contributed by atoms with van der Waals surface area (Å²) < 4.78 is 0. The normalized spacial score (nSPS) is 19.6. The summed E-state index contributed by atoms with van der Waals surface area (Å²) in [5, 5.41) is 3.12. The molecule has 4 nitrogen and oxygen atoms in total. The van der Waals surface area contributed by atoms with E-state index in [0.717, 1.165) is 31.1 Å². The number of nitrogens with one attached hydrogen (secondary N) is 1. The molecule has 2 heterocycles. The molecule has 1 aliphatic heterocycles. The number of rotatable bonds is 3. The number of nitrogens with zero attached hydrogens (tertiary/aromatic N) is 3. The van der Waals surface area contributed by atoms with Crippen molar-refractivity contribution in [2.45, 2.75) is 39.7 Å². The average Bonchev–Trinajstić information content (AvgIpc) is 2.51. The molecule has 0 aliphatic carbocycles. The summed E-state index contributed by atoms with van der Waals surface area (Å²) in [6, 6.07) is 0. The molecule has 100 valence electrons. The average molecular weight is 248 g/mol. The highest BCUT2D eigenvalue weighted by molar-refractivity contribution is 5.36. The summed E-state index contributed by atoms with van der Waals surface area (Å²) in [6.07, 6.45) is 7.49. The summed E-state index contributed by atoms with van der Waals surface area (Å²) in [5.74, 6) is 1.03. The van der Waals surface area contributed by atoms with Gasteiger partial charge < -0.3 is 10.2 Å². The molecule has 4 heteroatoms. The van der Waals surface area contributed by atoms with Crippen molar-refractivity contribution >= 4 is 5.82 Å². The Morgan fingerprint density at radius 3 is 2.89 bits per heavy atom. The Labute approximate surface area is 110 Å². The van der Waals surface area contributed by atoms with E-state index in [-0.39, 0.29) is 0 Å². The van der Waals surface area contributed by atoms with Gasteiger partial charge in [-0.05, 0) is 31.7 Å². The van der Waals surface area contributed by atoms with Crippen molar-refractivity contribution in [3.05, 3.63) is 18.1 Å². The van der Waals surface area contributed by atoms with Gasteiger partial charge in [-0.15, -0.1) is 0 Å². The van der Waals surface area contributed by atoms with Crippen LogP contribution in [-0.4, -0.2) is 30.1 Å². The van der Waals surface area contributed by atoms with E-state index in [1.54, 1.807) is 0 Å². The second kappa shape index (κ2) is 5.65. The smallest absolute Gasteiger partial charge is 0.147 e. The highest BCUT2D eigenvalue weighted by Gasteiger charge is 2.23. The standard InChI is InChI=1S/C14H24N4/c1-14(2)5-4-7-18(8-6-14)13-11-16-10-12(17-13)9-15-3/h10-11,15H,4-9H2,1-3H3. The first-order chi connectivity index (χ1) is 8.61. The lowest BCUT2D eigenvalue weighted by Gasteiger charge is -2.24. The molecule has 0 bridgehead atoms. The van der Waals surface area contributed by atoms with Gasteiger partial charge >= 0.3 is 0 Å². The first kappa shape index (κ1) is 13.3. The zero-order chi connectivity index (χ0) is 13.0. The second-order valence-electron chi connectivity index (χ2n) is 5.90. The van der Waals surface area contributed by atoms with Gasteiger partial charge in [0.05, 0.1) is 11.9 Å². The van der Waals surface area contributed by atoms with Gasteiger partial charge in [0.2, 0.25) is 0 Å². The van der Waals surface area contributed by atoms with Crippen LogP contribution >= 0.6 is 0 Å². The van der Waals surface area contributed by atoms with Crippen LogP contribution in [0.2, 0.25) is 0 Å². The summed E-state index contributed by atoms with van der Waals surface area (Å²) in [6.45, 7) is 7.69. The number of hydrogen-bond acceptors (Lipinski definition) is 4. The maximum absolute atomic E-state index is 4.68. The monoisotopic (exact) mass is 248 g/mol. The molecule has 0 radical (unpaired) electrons. The van der Waals surface area contributed by atoms with Gasteiger partial charge in [-0.25, -0.2) is 4.98 Å². The Kier molecular flexibility index (Phi) is 4.17. The molecule has 0 saturated carbocycles. The SMILES string of the molecule is CNCc1cncc(N2CCCC(C)(C)CC2)n1. The van der Waals surface area contributed by atoms with Crippen LogP contribution in [0.25, 0.3) is 0 Å². The molecule has 0 aromatic carbocycles. The van der Waals surface area contributed by atoms with Crippen LogP contribution in [0, 0.1) is 5.41 Å². The van der Waals surface area contributed by atoms with Crippen molar-refractivity contribution < 1.29 is 0 Å². The van der Waals surface area contributed by atoms with Gasteiger partial charge in [-0.1, -0.05) is 13.8 Å². The van der Waals surface area contributed by atoms with E-state index in [1.807, 2.05) is 19.4 Å². The number of hydrogen-bond donors (Lipinski definition) is 1. The quantitative estimate of drug-likeness (QED) is 0.890. The highest BCUT2D eigenvalue weighted by Crippen LogP contribution is 2.30. The molecule has 1 saturated heterocycles. The van der Waals surface area contributed by atoms with Crippen molar-refractivity contribution in [1.82, 2.24) is 15.3 Å². The molecule has 0 spiro atoms. The van der Waals surface area contributed by atoms with Crippen LogP contribution in [0.15, 0.2) is 12.4 Å². The molecule has 0 atom stereocenters. The van der Waals surface area contributed by atoms with E-state index in [2.05, 4.69) is 34.0 Å². The molecule has 1 N–H and O–H groups in total. The Balaban J connectivity index is 2.08. The predicted molar refractivity (Wildman–Crippen MR) is 74.6 cm³/mol. The van der Waals surface area contributed by atoms with Gasteiger partial charge in [0.25, 0.3) is 0 Å². The zero-order valence-electron chi connectivity index (χ0n) is 11.7. The minimum absolute atomic E-state index is 0.463. The minimum atomic E-state index is 0.463. The third-order valence-corrected chi connectivity index (χ3v) is 3.69.